The molecule has 0 bridgehead atoms. The number of ether oxygens (including phenoxy) is 1. The Bertz CT molecular complexity index is 1410. The number of nitrogens with zero attached hydrogens (tertiary/aromatic N) is 3. The molecule has 0 radical (unpaired) electrons. The number of anilines is 2. The number of hydrogen-bond donors (Lipinski definition) is 2. The molecule has 0 spiro atoms. The second kappa shape index (κ2) is 8.69. The standard InChI is InChI=1S/C25H25N5O4S/c1-14-22(17-6-2-4-15-7-10-21(32)30(14)23(15)17)26-11-3-5-16-12-29(25(33)34-16)19-9-8-18-24(27-19)28-20(31)13-35-18/h2,4,6-10,14,16,22,26H,3,5,11-13H2,1H3,(H,27,28,31)/t14-,16-,22-/m1/s1. The number of rotatable bonds is 6. The minimum Gasteiger partial charge on any atom is -0.444 e. The van der Waals surface area contributed by atoms with Gasteiger partial charge in [-0.2, -0.15) is 0 Å². The molecule has 6 rings (SSSR count). The summed E-state index contributed by atoms with van der Waals surface area (Å²) in [6, 6.07) is 13.4. The van der Waals surface area contributed by atoms with Crippen LogP contribution in [0.2, 0.25) is 0 Å². The zero-order valence-electron chi connectivity index (χ0n) is 19.2. The number of aromatic nitrogens is 2. The number of carbonyl (C=O) groups is 2. The van der Waals surface area contributed by atoms with Crippen molar-refractivity contribution in [2.24, 2.45) is 0 Å². The average Bonchev–Trinajstić information content (AvgIpc) is 3.36. The number of nitrogens with one attached hydrogen (secondary N) is 2. The molecule has 3 atom stereocenters. The summed E-state index contributed by atoms with van der Waals surface area (Å²) in [7, 11) is 0. The predicted octanol–water partition coefficient (Wildman–Crippen LogP) is 3.45. The van der Waals surface area contributed by atoms with E-state index in [0.717, 1.165) is 34.3 Å². The number of hydrogen-bond acceptors (Lipinski definition) is 7. The highest BCUT2D eigenvalue weighted by Crippen LogP contribution is 2.38. The highest BCUT2D eigenvalue weighted by atomic mass is 32.2. The quantitative estimate of drug-likeness (QED) is 0.509. The Labute approximate surface area is 205 Å². The molecule has 10 heteroatoms. The van der Waals surface area contributed by atoms with Crippen LogP contribution in [0.25, 0.3) is 10.9 Å². The second-order valence-electron chi connectivity index (χ2n) is 9.11. The molecule has 0 unspecified atom stereocenters. The van der Waals surface area contributed by atoms with E-state index >= 15 is 0 Å². The van der Waals surface area contributed by atoms with Crippen LogP contribution in [0.1, 0.15) is 37.4 Å². The van der Waals surface area contributed by atoms with E-state index in [2.05, 4.69) is 28.6 Å². The number of amides is 2. The molecule has 3 aliphatic heterocycles. The fourth-order valence-corrected chi connectivity index (χ4v) is 6.00. The van der Waals surface area contributed by atoms with Gasteiger partial charge in [-0.25, -0.2) is 9.78 Å². The fourth-order valence-electron chi connectivity index (χ4n) is 5.24. The number of benzene rings is 1. The summed E-state index contributed by atoms with van der Waals surface area (Å²) in [5.74, 6) is 1.24. The lowest BCUT2D eigenvalue weighted by molar-refractivity contribution is -0.113. The molecular formula is C25H25N5O4S. The van der Waals surface area contributed by atoms with E-state index in [0.29, 0.717) is 30.4 Å². The third-order valence-corrected chi connectivity index (χ3v) is 7.93. The van der Waals surface area contributed by atoms with Gasteiger partial charge in [0.15, 0.2) is 0 Å². The molecule has 35 heavy (non-hydrogen) atoms. The van der Waals surface area contributed by atoms with Crippen LogP contribution >= 0.6 is 11.8 Å². The van der Waals surface area contributed by atoms with E-state index in [4.69, 9.17) is 4.74 Å². The summed E-state index contributed by atoms with van der Waals surface area (Å²) < 4.78 is 7.46. The summed E-state index contributed by atoms with van der Waals surface area (Å²) in [5, 5.41) is 7.45. The minimum atomic E-state index is -0.420. The topological polar surface area (TPSA) is 106 Å². The molecule has 180 valence electrons. The first-order valence-corrected chi connectivity index (χ1v) is 12.8. The summed E-state index contributed by atoms with van der Waals surface area (Å²) >= 11 is 1.43. The lowest BCUT2D eigenvalue weighted by atomic mass is 10.0. The maximum absolute atomic E-state index is 12.5. The number of pyridine rings is 2. The fraction of sp³-hybridized carbons (Fsp3) is 0.360. The molecule has 2 N–H and O–H groups in total. The van der Waals surface area contributed by atoms with E-state index in [9.17, 15) is 14.4 Å². The van der Waals surface area contributed by atoms with Crippen molar-refractivity contribution in [3.05, 3.63) is 58.4 Å². The van der Waals surface area contributed by atoms with Gasteiger partial charge in [0.1, 0.15) is 17.7 Å². The Morgan fingerprint density at radius 2 is 2.06 bits per heavy atom. The zero-order chi connectivity index (χ0) is 24.1. The third-order valence-electron chi connectivity index (χ3n) is 6.88. The molecule has 1 fully saturated rings. The first kappa shape index (κ1) is 22.1. The lowest BCUT2D eigenvalue weighted by Crippen LogP contribution is -2.29. The molecule has 1 aromatic carbocycles. The van der Waals surface area contributed by atoms with E-state index in [-0.39, 0.29) is 29.7 Å². The highest BCUT2D eigenvalue weighted by Gasteiger charge is 2.34. The van der Waals surface area contributed by atoms with Gasteiger partial charge >= 0.3 is 6.09 Å². The van der Waals surface area contributed by atoms with Crippen molar-refractivity contribution in [3.8, 4) is 0 Å². The van der Waals surface area contributed by atoms with Crippen LogP contribution in [-0.4, -0.2) is 46.5 Å². The summed E-state index contributed by atoms with van der Waals surface area (Å²) in [4.78, 5) is 43.5. The number of para-hydroxylation sites is 1. The van der Waals surface area contributed by atoms with Crippen LogP contribution in [0.4, 0.5) is 16.4 Å². The Kier molecular flexibility index (Phi) is 5.49. The van der Waals surface area contributed by atoms with Gasteiger partial charge in [-0.05, 0) is 55.5 Å². The zero-order valence-corrected chi connectivity index (χ0v) is 20.0. The van der Waals surface area contributed by atoms with E-state index in [1.165, 1.54) is 16.7 Å². The third kappa shape index (κ3) is 3.86. The monoisotopic (exact) mass is 491 g/mol. The van der Waals surface area contributed by atoms with Gasteiger partial charge in [0, 0.05) is 6.07 Å². The maximum Gasteiger partial charge on any atom is 0.415 e. The molecule has 2 amide bonds. The number of cyclic esters (lactones) is 1. The molecule has 3 aliphatic rings. The van der Waals surface area contributed by atoms with E-state index < -0.39 is 6.09 Å². The van der Waals surface area contributed by atoms with Crippen LogP contribution in [0, 0.1) is 0 Å². The first-order valence-electron chi connectivity index (χ1n) is 11.8. The Hall–Kier alpha value is -3.37. The Morgan fingerprint density at radius 3 is 2.94 bits per heavy atom. The predicted molar refractivity (Wildman–Crippen MR) is 134 cm³/mol. The summed E-state index contributed by atoms with van der Waals surface area (Å²) in [5.41, 5.74) is 2.18. The maximum atomic E-state index is 12.5. The van der Waals surface area contributed by atoms with Crippen molar-refractivity contribution in [2.45, 2.75) is 42.8 Å². The largest absolute Gasteiger partial charge is 0.444 e. The molecule has 0 saturated carbocycles. The molecule has 9 nitrogen and oxygen atoms in total. The van der Waals surface area contributed by atoms with Gasteiger partial charge in [0.25, 0.3) is 5.56 Å². The SMILES string of the molecule is C[C@@H]1[C@@H](NCCC[C@@H]2CN(c3ccc4c(n3)NC(=O)CS4)C(=O)O2)c2cccc3ccc(=O)n1c23. The van der Waals surface area contributed by atoms with Crippen LogP contribution in [0.5, 0.6) is 0 Å². The van der Waals surface area contributed by atoms with Crippen molar-refractivity contribution < 1.29 is 14.3 Å². The Morgan fingerprint density at radius 1 is 1.17 bits per heavy atom. The van der Waals surface area contributed by atoms with Crippen molar-refractivity contribution in [2.75, 3.05) is 29.1 Å². The van der Waals surface area contributed by atoms with Crippen molar-refractivity contribution in [1.82, 2.24) is 14.9 Å². The Balaban J connectivity index is 1.07. The highest BCUT2D eigenvalue weighted by molar-refractivity contribution is 8.00. The van der Waals surface area contributed by atoms with Crippen molar-refractivity contribution in [3.63, 3.8) is 0 Å². The molecular weight excluding hydrogens is 466 g/mol. The number of thioether (sulfide) groups is 1. The molecule has 2 aromatic heterocycles. The van der Waals surface area contributed by atoms with Crippen LogP contribution in [0.3, 0.4) is 0 Å². The van der Waals surface area contributed by atoms with Gasteiger partial charge in [0.05, 0.1) is 34.8 Å². The average molecular weight is 492 g/mol. The number of carbonyl (C=O) groups excluding carboxylic acids is 2. The van der Waals surface area contributed by atoms with Gasteiger partial charge in [-0.15, -0.1) is 11.8 Å². The van der Waals surface area contributed by atoms with Crippen LogP contribution in [-0.2, 0) is 9.53 Å². The van der Waals surface area contributed by atoms with Gasteiger partial charge < -0.3 is 19.9 Å². The number of fused-ring (bicyclic) bond motifs is 1. The lowest BCUT2D eigenvalue weighted by Gasteiger charge is -2.20. The summed E-state index contributed by atoms with van der Waals surface area (Å²) in [6.07, 6.45) is 0.886. The van der Waals surface area contributed by atoms with Gasteiger partial charge in [-0.3, -0.25) is 14.5 Å². The summed E-state index contributed by atoms with van der Waals surface area (Å²) in [6.45, 7) is 3.23. The molecule has 1 saturated heterocycles. The smallest absolute Gasteiger partial charge is 0.415 e. The van der Waals surface area contributed by atoms with Gasteiger partial charge in [-0.1, -0.05) is 18.2 Å². The van der Waals surface area contributed by atoms with E-state index in [1.54, 1.807) is 12.1 Å². The molecule has 3 aromatic rings. The van der Waals surface area contributed by atoms with Gasteiger partial charge in [0.2, 0.25) is 5.91 Å². The van der Waals surface area contributed by atoms with E-state index in [1.807, 2.05) is 28.8 Å². The van der Waals surface area contributed by atoms with Crippen LogP contribution < -0.4 is 21.1 Å². The molecule has 0 aliphatic carbocycles. The van der Waals surface area contributed by atoms with Crippen LogP contribution in [0.15, 0.2) is 52.2 Å². The van der Waals surface area contributed by atoms with Crippen molar-refractivity contribution >= 4 is 46.3 Å². The first-order chi connectivity index (χ1) is 17.0. The second-order valence-corrected chi connectivity index (χ2v) is 10.1. The molecule has 5 heterocycles. The normalized spacial score (nSPS) is 22.9. The minimum absolute atomic E-state index is 0.0219. The van der Waals surface area contributed by atoms with Crippen molar-refractivity contribution in [1.29, 1.82) is 0 Å².